The van der Waals surface area contributed by atoms with Crippen molar-refractivity contribution in [3.8, 4) is 0 Å². The Balaban J connectivity index is 2.27. The van der Waals surface area contributed by atoms with Crippen LogP contribution in [0.3, 0.4) is 0 Å². The van der Waals surface area contributed by atoms with Crippen LogP contribution in [0, 0.1) is 0 Å². The number of thiazole rings is 1. The van der Waals surface area contributed by atoms with Crippen molar-refractivity contribution in [1.29, 1.82) is 0 Å². The molecular formula is C14H22N2O3S. The maximum atomic E-state index is 11.6. The third-order valence-electron chi connectivity index (χ3n) is 2.80. The van der Waals surface area contributed by atoms with Crippen LogP contribution >= 0.6 is 11.3 Å². The maximum absolute atomic E-state index is 11.6. The summed E-state index contributed by atoms with van der Waals surface area (Å²) < 4.78 is 0. The molecule has 0 bridgehead atoms. The third kappa shape index (κ3) is 6.14. The third-order valence-corrected chi connectivity index (χ3v) is 3.65. The van der Waals surface area contributed by atoms with Gasteiger partial charge in [-0.1, -0.05) is 20.8 Å². The number of nitrogens with zero attached hydrogens (tertiary/aromatic N) is 1. The minimum absolute atomic E-state index is 0.0234. The van der Waals surface area contributed by atoms with Gasteiger partial charge in [-0.25, -0.2) is 4.98 Å². The number of aromatic nitrogens is 1. The van der Waals surface area contributed by atoms with E-state index in [-0.39, 0.29) is 17.7 Å². The lowest BCUT2D eigenvalue weighted by molar-refractivity contribution is -0.137. The van der Waals surface area contributed by atoms with Gasteiger partial charge in [0.1, 0.15) is 5.01 Å². The minimum atomic E-state index is -0.817. The summed E-state index contributed by atoms with van der Waals surface area (Å²) in [6.45, 7) is 6.76. The molecule has 1 aromatic rings. The van der Waals surface area contributed by atoms with Gasteiger partial charge < -0.3 is 10.4 Å². The van der Waals surface area contributed by atoms with Crippen LogP contribution in [0.2, 0.25) is 0 Å². The molecule has 1 heterocycles. The van der Waals surface area contributed by atoms with E-state index >= 15 is 0 Å². The zero-order valence-corrected chi connectivity index (χ0v) is 13.0. The molecule has 0 saturated carbocycles. The van der Waals surface area contributed by atoms with E-state index in [1.54, 1.807) is 11.3 Å². The van der Waals surface area contributed by atoms with Crippen molar-refractivity contribution >= 4 is 23.2 Å². The van der Waals surface area contributed by atoms with Crippen molar-refractivity contribution < 1.29 is 14.7 Å². The first-order valence-electron chi connectivity index (χ1n) is 6.72. The molecule has 1 amide bonds. The summed E-state index contributed by atoms with van der Waals surface area (Å²) in [5, 5.41) is 14.2. The lowest BCUT2D eigenvalue weighted by Gasteiger charge is -2.14. The molecule has 0 fully saturated rings. The van der Waals surface area contributed by atoms with Gasteiger partial charge in [0.25, 0.3) is 0 Å². The summed E-state index contributed by atoms with van der Waals surface area (Å²) in [6, 6.07) is 0. The second kappa shape index (κ2) is 7.38. The Kier molecular flexibility index (Phi) is 6.13. The standard InChI is InChI=1S/C14H22N2O3S/c1-14(2,3)10-9-20-12(16-10)8-15-11(17)6-4-5-7-13(18)19/h9H,4-8H2,1-3H3,(H,15,17)(H,18,19). The van der Waals surface area contributed by atoms with E-state index in [4.69, 9.17) is 5.11 Å². The molecule has 20 heavy (non-hydrogen) atoms. The molecule has 0 aliphatic carbocycles. The highest BCUT2D eigenvalue weighted by molar-refractivity contribution is 7.09. The van der Waals surface area contributed by atoms with E-state index in [1.807, 2.05) is 5.38 Å². The van der Waals surface area contributed by atoms with Crippen molar-refractivity contribution in [1.82, 2.24) is 10.3 Å². The first kappa shape index (κ1) is 16.6. The Morgan fingerprint density at radius 1 is 1.30 bits per heavy atom. The monoisotopic (exact) mass is 298 g/mol. The summed E-state index contributed by atoms with van der Waals surface area (Å²) in [7, 11) is 0. The molecule has 0 aliphatic heterocycles. The van der Waals surface area contributed by atoms with Crippen LogP contribution in [0.15, 0.2) is 5.38 Å². The predicted octanol–water partition coefficient (Wildman–Crippen LogP) is 2.70. The fourth-order valence-corrected chi connectivity index (χ4v) is 2.52. The van der Waals surface area contributed by atoms with Crippen LogP contribution in [-0.4, -0.2) is 22.0 Å². The molecule has 0 saturated heterocycles. The van der Waals surface area contributed by atoms with E-state index in [9.17, 15) is 9.59 Å². The molecule has 0 aliphatic rings. The van der Waals surface area contributed by atoms with Crippen molar-refractivity contribution in [3.63, 3.8) is 0 Å². The number of carboxylic acid groups (broad SMARTS) is 1. The Morgan fingerprint density at radius 3 is 2.50 bits per heavy atom. The SMILES string of the molecule is CC(C)(C)c1csc(CNC(=O)CCCCC(=O)O)n1. The lowest BCUT2D eigenvalue weighted by Crippen LogP contribution is -2.22. The number of carbonyl (C=O) groups is 2. The summed E-state index contributed by atoms with van der Waals surface area (Å²) in [5.74, 6) is -0.870. The predicted molar refractivity (Wildman–Crippen MR) is 78.8 cm³/mol. The quantitative estimate of drug-likeness (QED) is 0.759. The molecule has 112 valence electrons. The number of rotatable bonds is 7. The fraction of sp³-hybridized carbons (Fsp3) is 0.643. The molecule has 0 radical (unpaired) electrons. The first-order chi connectivity index (χ1) is 9.29. The van der Waals surface area contributed by atoms with E-state index in [1.165, 1.54) is 0 Å². The normalized spacial score (nSPS) is 11.3. The van der Waals surface area contributed by atoms with Crippen LogP contribution in [0.25, 0.3) is 0 Å². The van der Waals surface area contributed by atoms with Crippen LogP contribution in [0.1, 0.15) is 57.2 Å². The average Bonchev–Trinajstić information content (AvgIpc) is 2.80. The van der Waals surface area contributed by atoms with Crippen LogP contribution < -0.4 is 5.32 Å². The lowest BCUT2D eigenvalue weighted by atomic mass is 9.93. The highest BCUT2D eigenvalue weighted by Crippen LogP contribution is 2.23. The highest BCUT2D eigenvalue weighted by Gasteiger charge is 2.17. The number of carboxylic acids is 1. The number of nitrogens with one attached hydrogen (secondary N) is 1. The van der Waals surface area contributed by atoms with Gasteiger partial charge in [0.15, 0.2) is 0 Å². The number of unbranched alkanes of at least 4 members (excludes halogenated alkanes) is 1. The van der Waals surface area contributed by atoms with Gasteiger partial charge in [0, 0.05) is 23.6 Å². The summed E-state index contributed by atoms with van der Waals surface area (Å²) in [5.41, 5.74) is 1.06. The molecular weight excluding hydrogens is 276 g/mol. The first-order valence-corrected chi connectivity index (χ1v) is 7.60. The molecule has 2 N–H and O–H groups in total. The van der Waals surface area contributed by atoms with Gasteiger partial charge in [-0.05, 0) is 12.8 Å². The number of carbonyl (C=O) groups excluding carboxylic acids is 1. The van der Waals surface area contributed by atoms with Crippen molar-refractivity contribution in [2.75, 3.05) is 0 Å². The van der Waals surface area contributed by atoms with E-state index in [0.29, 0.717) is 25.8 Å². The van der Waals surface area contributed by atoms with Crippen LogP contribution in [0.5, 0.6) is 0 Å². The summed E-state index contributed by atoms with van der Waals surface area (Å²) in [4.78, 5) is 26.4. The Labute approximate surface area is 123 Å². The summed E-state index contributed by atoms with van der Waals surface area (Å²) in [6.07, 6.45) is 1.62. The van der Waals surface area contributed by atoms with Gasteiger partial charge in [0.05, 0.1) is 12.2 Å². The van der Waals surface area contributed by atoms with Crippen LogP contribution in [-0.2, 0) is 21.5 Å². The maximum Gasteiger partial charge on any atom is 0.303 e. The van der Waals surface area contributed by atoms with Crippen molar-refractivity contribution in [2.24, 2.45) is 0 Å². The molecule has 1 rings (SSSR count). The number of amides is 1. The highest BCUT2D eigenvalue weighted by atomic mass is 32.1. The van der Waals surface area contributed by atoms with Gasteiger partial charge in [-0.15, -0.1) is 11.3 Å². The molecule has 0 unspecified atom stereocenters. The largest absolute Gasteiger partial charge is 0.481 e. The molecule has 6 heteroatoms. The Hall–Kier alpha value is -1.43. The number of aliphatic carboxylic acids is 1. The van der Waals surface area contributed by atoms with Gasteiger partial charge in [-0.2, -0.15) is 0 Å². The van der Waals surface area contributed by atoms with Gasteiger partial charge in [0.2, 0.25) is 5.91 Å². The smallest absolute Gasteiger partial charge is 0.303 e. The molecule has 1 aromatic heterocycles. The van der Waals surface area contributed by atoms with Gasteiger partial charge in [-0.3, -0.25) is 9.59 Å². The molecule has 0 atom stereocenters. The minimum Gasteiger partial charge on any atom is -0.481 e. The topological polar surface area (TPSA) is 79.3 Å². The molecule has 0 spiro atoms. The number of hydrogen-bond acceptors (Lipinski definition) is 4. The average molecular weight is 298 g/mol. The Bertz CT molecular complexity index is 463. The van der Waals surface area contributed by atoms with Gasteiger partial charge >= 0.3 is 5.97 Å². The van der Waals surface area contributed by atoms with Crippen LogP contribution in [0.4, 0.5) is 0 Å². The Morgan fingerprint density at radius 2 is 1.95 bits per heavy atom. The number of hydrogen-bond donors (Lipinski definition) is 2. The zero-order valence-electron chi connectivity index (χ0n) is 12.2. The second-order valence-electron chi connectivity index (χ2n) is 5.75. The fourth-order valence-electron chi connectivity index (χ4n) is 1.56. The van der Waals surface area contributed by atoms with E-state index in [0.717, 1.165) is 10.7 Å². The molecule has 5 nitrogen and oxygen atoms in total. The zero-order chi connectivity index (χ0) is 15.2. The van der Waals surface area contributed by atoms with E-state index < -0.39 is 5.97 Å². The van der Waals surface area contributed by atoms with Crippen molar-refractivity contribution in [3.05, 3.63) is 16.1 Å². The molecule has 0 aromatic carbocycles. The second-order valence-corrected chi connectivity index (χ2v) is 6.70. The van der Waals surface area contributed by atoms with Crippen molar-refractivity contribution in [2.45, 2.75) is 58.4 Å². The summed E-state index contributed by atoms with van der Waals surface area (Å²) >= 11 is 1.55. The van der Waals surface area contributed by atoms with E-state index in [2.05, 4.69) is 31.1 Å².